The molecule has 0 radical (unpaired) electrons. The Balaban J connectivity index is 1.54. The molecule has 1 aliphatic rings. The second-order valence-corrected chi connectivity index (χ2v) is 8.33. The average Bonchev–Trinajstić information content (AvgIpc) is 3.25. The topological polar surface area (TPSA) is 26.8 Å². The van der Waals surface area contributed by atoms with Crippen molar-refractivity contribution in [3.8, 4) is 0 Å². The number of hydrogen-bond acceptors (Lipinski definition) is 2. The van der Waals surface area contributed by atoms with Crippen LogP contribution in [0.5, 0.6) is 0 Å². The average molecular weight is 408 g/mol. The van der Waals surface area contributed by atoms with E-state index in [0.29, 0.717) is 5.92 Å². The molecule has 0 spiro atoms. The normalized spacial score (nSPS) is 16.5. The van der Waals surface area contributed by atoms with Crippen molar-refractivity contribution in [1.29, 1.82) is 0 Å². The zero-order valence-corrected chi connectivity index (χ0v) is 18.7. The predicted molar refractivity (Wildman–Crippen MR) is 125 cm³/mol. The molecule has 4 heteroatoms. The molecule has 0 saturated carbocycles. The lowest BCUT2D eigenvalue weighted by molar-refractivity contribution is 0.149. The van der Waals surface area contributed by atoms with Crippen LogP contribution in [0.1, 0.15) is 31.4 Å². The van der Waals surface area contributed by atoms with Crippen molar-refractivity contribution in [2.24, 2.45) is 5.92 Å². The standard InChI is InChI=1S/C26H37N3O/c1-3-28(4-2)26(30)29(20-17-24-13-9-6-10-14-24)22-25-16-19-27(21-25)18-15-23-11-7-5-8-12-23/h5-14,25H,3-4,15-22H2,1-2H3. The summed E-state index contributed by atoms with van der Waals surface area (Å²) in [5.41, 5.74) is 2.70. The number of urea groups is 1. The van der Waals surface area contributed by atoms with Crippen LogP contribution in [-0.2, 0) is 12.8 Å². The molecule has 2 amide bonds. The third kappa shape index (κ3) is 6.60. The molecule has 0 aliphatic carbocycles. The molecule has 2 aromatic rings. The first-order chi connectivity index (χ1) is 14.7. The number of nitrogens with zero attached hydrogens (tertiary/aromatic N) is 3. The third-order valence-electron chi connectivity index (χ3n) is 6.23. The molecule has 1 atom stereocenters. The SMILES string of the molecule is CCN(CC)C(=O)N(CCc1ccccc1)CC1CCN(CCc2ccccc2)C1. The molecule has 1 heterocycles. The Morgan fingerprint density at radius 2 is 1.50 bits per heavy atom. The molecule has 30 heavy (non-hydrogen) atoms. The van der Waals surface area contributed by atoms with Crippen molar-refractivity contribution < 1.29 is 4.79 Å². The summed E-state index contributed by atoms with van der Waals surface area (Å²) >= 11 is 0. The lowest BCUT2D eigenvalue weighted by Gasteiger charge is -2.31. The van der Waals surface area contributed by atoms with Crippen LogP contribution in [0, 0.1) is 5.92 Å². The highest BCUT2D eigenvalue weighted by Crippen LogP contribution is 2.19. The molecule has 0 bridgehead atoms. The van der Waals surface area contributed by atoms with Gasteiger partial charge >= 0.3 is 6.03 Å². The van der Waals surface area contributed by atoms with Gasteiger partial charge < -0.3 is 14.7 Å². The van der Waals surface area contributed by atoms with E-state index in [4.69, 9.17) is 0 Å². The molecule has 1 saturated heterocycles. The van der Waals surface area contributed by atoms with Gasteiger partial charge in [-0.2, -0.15) is 0 Å². The van der Waals surface area contributed by atoms with Gasteiger partial charge in [0.15, 0.2) is 0 Å². The first-order valence-corrected chi connectivity index (χ1v) is 11.5. The van der Waals surface area contributed by atoms with Crippen molar-refractivity contribution in [2.75, 3.05) is 45.8 Å². The number of benzene rings is 2. The smallest absolute Gasteiger partial charge is 0.319 e. The van der Waals surface area contributed by atoms with Crippen LogP contribution < -0.4 is 0 Å². The van der Waals surface area contributed by atoms with Crippen molar-refractivity contribution in [3.63, 3.8) is 0 Å². The van der Waals surface area contributed by atoms with Crippen LogP contribution in [0.25, 0.3) is 0 Å². The summed E-state index contributed by atoms with van der Waals surface area (Å²) in [5, 5.41) is 0. The highest BCUT2D eigenvalue weighted by Gasteiger charge is 2.27. The highest BCUT2D eigenvalue weighted by molar-refractivity contribution is 5.74. The highest BCUT2D eigenvalue weighted by atomic mass is 16.2. The Hall–Kier alpha value is -2.33. The van der Waals surface area contributed by atoms with E-state index in [1.807, 2.05) is 11.0 Å². The largest absolute Gasteiger partial charge is 0.325 e. The van der Waals surface area contributed by atoms with Crippen LogP contribution >= 0.6 is 0 Å². The number of carbonyl (C=O) groups excluding carboxylic acids is 1. The third-order valence-corrected chi connectivity index (χ3v) is 6.23. The Bertz CT molecular complexity index is 745. The fourth-order valence-electron chi connectivity index (χ4n) is 4.38. The number of likely N-dealkylation sites (tertiary alicyclic amines) is 1. The van der Waals surface area contributed by atoms with Gasteiger partial charge in [0, 0.05) is 39.3 Å². The Kier molecular flexibility index (Phi) is 8.76. The second kappa shape index (κ2) is 11.8. The van der Waals surface area contributed by atoms with E-state index in [1.54, 1.807) is 0 Å². The zero-order valence-electron chi connectivity index (χ0n) is 18.7. The van der Waals surface area contributed by atoms with Gasteiger partial charge in [-0.1, -0.05) is 60.7 Å². The second-order valence-electron chi connectivity index (χ2n) is 8.33. The van der Waals surface area contributed by atoms with Crippen LogP contribution in [0.15, 0.2) is 60.7 Å². The van der Waals surface area contributed by atoms with Crippen LogP contribution in [0.2, 0.25) is 0 Å². The summed E-state index contributed by atoms with van der Waals surface area (Å²) in [6, 6.07) is 21.4. The lowest BCUT2D eigenvalue weighted by Crippen LogP contribution is -2.46. The van der Waals surface area contributed by atoms with Gasteiger partial charge in [0.25, 0.3) is 0 Å². The molecule has 1 fully saturated rings. The Labute approximate surface area is 182 Å². The molecule has 4 nitrogen and oxygen atoms in total. The maximum Gasteiger partial charge on any atom is 0.319 e. The van der Waals surface area contributed by atoms with E-state index in [2.05, 4.69) is 78.2 Å². The number of amides is 2. The quantitative estimate of drug-likeness (QED) is 0.577. The van der Waals surface area contributed by atoms with Crippen molar-refractivity contribution >= 4 is 6.03 Å². The van der Waals surface area contributed by atoms with E-state index >= 15 is 0 Å². The lowest BCUT2D eigenvalue weighted by atomic mass is 10.1. The zero-order chi connectivity index (χ0) is 21.2. The van der Waals surface area contributed by atoms with Gasteiger partial charge in [-0.15, -0.1) is 0 Å². The predicted octanol–water partition coefficient (Wildman–Crippen LogP) is 4.56. The summed E-state index contributed by atoms with van der Waals surface area (Å²) in [7, 11) is 0. The monoisotopic (exact) mass is 407 g/mol. The molecule has 162 valence electrons. The summed E-state index contributed by atoms with van der Waals surface area (Å²) in [4.78, 5) is 19.8. The van der Waals surface area contributed by atoms with Gasteiger partial charge in [0.1, 0.15) is 0 Å². The molecule has 1 aliphatic heterocycles. The van der Waals surface area contributed by atoms with Gasteiger partial charge in [-0.3, -0.25) is 0 Å². The van der Waals surface area contributed by atoms with E-state index < -0.39 is 0 Å². The van der Waals surface area contributed by atoms with Gasteiger partial charge in [0.2, 0.25) is 0 Å². The number of hydrogen-bond donors (Lipinski definition) is 0. The Morgan fingerprint density at radius 1 is 0.900 bits per heavy atom. The van der Waals surface area contributed by atoms with Crippen molar-refractivity contribution in [3.05, 3.63) is 71.8 Å². The first-order valence-electron chi connectivity index (χ1n) is 11.5. The summed E-state index contributed by atoms with van der Waals surface area (Å²) in [6.45, 7) is 10.7. The first kappa shape index (κ1) is 22.4. The number of rotatable bonds is 10. The van der Waals surface area contributed by atoms with Crippen LogP contribution in [0.3, 0.4) is 0 Å². The summed E-state index contributed by atoms with van der Waals surface area (Å²) < 4.78 is 0. The summed E-state index contributed by atoms with van der Waals surface area (Å²) in [5.74, 6) is 0.566. The fraction of sp³-hybridized carbons (Fsp3) is 0.500. The van der Waals surface area contributed by atoms with E-state index in [1.165, 1.54) is 17.5 Å². The minimum absolute atomic E-state index is 0.193. The maximum absolute atomic E-state index is 13.1. The fourth-order valence-corrected chi connectivity index (χ4v) is 4.38. The van der Waals surface area contributed by atoms with E-state index in [9.17, 15) is 4.79 Å². The molecule has 2 aromatic carbocycles. The molecule has 1 unspecified atom stereocenters. The molecular formula is C26H37N3O. The maximum atomic E-state index is 13.1. The molecule has 0 aromatic heterocycles. The van der Waals surface area contributed by atoms with Crippen LogP contribution in [0.4, 0.5) is 4.79 Å². The summed E-state index contributed by atoms with van der Waals surface area (Å²) in [6.07, 6.45) is 3.20. The molecule has 0 N–H and O–H groups in total. The van der Waals surface area contributed by atoms with Gasteiger partial charge in [-0.05, 0) is 56.7 Å². The van der Waals surface area contributed by atoms with Gasteiger partial charge in [-0.25, -0.2) is 4.79 Å². The van der Waals surface area contributed by atoms with Gasteiger partial charge in [0.05, 0.1) is 0 Å². The van der Waals surface area contributed by atoms with E-state index in [0.717, 1.165) is 58.7 Å². The minimum Gasteiger partial charge on any atom is -0.325 e. The van der Waals surface area contributed by atoms with Crippen LogP contribution in [-0.4, -0.2) is 66.5 Å². The molecule has 3 rings (SSSR count). The van der Waals surface area contributed by atoms with Crippen molar-refractivity contribution in [1.82, 2.24) is 14.7 Å². The Morgan fingerprint density at radius 3 is 2.10 bits per heavy atom. The van der Waals surface area contributed by atoms with Crippen molar-refractivity contribution in [2.45, 2.75) is 33.1 Å². The molecular weight excluding hydrogens is 370 g/mol. The minimum atomic E-state index is 0.193. The van der Waals surface area contributed by atoms with E-state index in [-0.39, 0.29) is 6.03 Å². The number of carbonyl (C=O) groups is 1.